The molecule has 0 saturated heterocycles. The Morgan fingerprint density at radius 2 is 1.79 bits per heavy atom. The van der Waals surface area contributed by atoms with E-state index >= 15 is 0 Å². The van der Waals surface area contributed by atoms with Crippen molar-refractivity contribution in [2.24, 2.45) is 0 Å². The van der Waals surface area contributed by atoms with Crippen LogP contribution in [0.1, 0.15) is 31.2 Å². The first kappa shape index (κ1) is 20.6. The van der Waals surface area contributed by atoms with Crippen LogP contribution in [0.15, 0.2) is 5.16 Å². The predicted molar refractivity (Wildman–Crippen MR) is 116 cm³/mol. The highest BCUT2D eigenvalue weighted by Crippen LogP contribution is 2.34. The van der Waals surface area contributed by atoms with Crippen LogP contribution in [0.2, 0.25) is 0 Å². The lowest BCUT2D eigenvalue weighted by atomic mass is 10.1. The number of amides is 1. The smallest absolute Gasteiger partial charge is 0.341 e. The van der Waals surface area contributed by atoms with Crippen LogP contribution in [0.5, 0.6) is 0 Å². The highest BCUT2D eigenvalue weighted by molar-refractivity contribution is 7.99. The zero-order chi connectivity index (χ0) is 20.6. The number of nitrogens with two attached hydrogens (primary N) is 1. The average Bonchev–Trinajstić information content (AvgIpc) is 3.08. The van der Waals surface area contributed by atoms with Crippen molar-refractivity contribution in [2.75, 3.05) is 23.9 Å². The molecule has 0 aliphatic rings. The number of hydrogen-bond acceptors (Lipinski definition) is 9. The summed E-state index contributed by atoms with van der Waals surface area (Å²) in [5, 5.41) is 4.62. The number of thiophene rings is 2. The second kappa shape index (κ2) is 8.06. The summed E-state index contributed by atoms with van der Waals surface area (Å²) in [7, 11) is 1.32. The van der Waals surface area contributed by atoms with E-state index in [2.05, 4.69) is 15.3 Å². The standard InChI is InChI=1S/C18H20N4O3S3/c1-7-9(3)27-15-12(7)14(19)21-18(22-15)26-6-11(23)20-16-13(17(24)25-5)8(2)10(4)28-16/h6H2,1-5H3,(H,20,23)(H2,19,21,22). The summed E-state index contributed by atoms with van der Waals surface area (Å²) in [6, 6.07) is 0. The molecule has 3 N–H and O–H groups in total. The van der Waals surface area contributed by atoms with Crippen molar-refractivity contribution in [2.45, 2.75) is 32.9 Å². The Balaban J connectivity index is 1.74. The number of aryl methyl sites for hydroxylation is 3. The summed E-state index contributed by atoms with van der Waals surface area (Å²) in [6.07, 6.45) is 0. The van der Waals surface area contributed by atoms with Crippen LogP contribution in [0.3, 0.4) is 0 Å². The Morgan fingerprint density at radius 3 is 2.46 bits per heavy atom. The molecule has 0 radical (unpaired) electrons. The van der Waals surface area contributed by atoms with Crippen molar-refractivity contribution >= 4 is 67.3 Å². The predicted octanol–water partition coefficient (Wildman–Crippen LogP) is 4.09. The van der Waals surface area contributed by atoms with Gasteiger partial charge in [-0.05, 0) is 38.8 Å². The molecule has 3 aromatic heterocycles. The van der Waals surface area contributed by atoms with Gasteiger partial charge in [0.05, 0.1) is 23.8 Å². The summed E-state index contributed by atoms with van der Waals surface area (Å²) in [5.41, 5.74) is 8.38. The van der Waals surface area contributed by atoms with Crippen LogP contribution >= 0.6 is 34.4 Å². The van der Waals surface area contributed by atoms with E-state index in [-0.39, 0.29) is 11.7 Å². The Hall–Kier alpha value is -2.17. The first-order valence-electron chi connectivity index (χ1n) is 8.37. The largest absolute Gasteiger partial charge is 0.465 e. The van der Waals surface area contributed by atoms with Gasteiger partial charge in [-0.15, -0.1) is 22.7 Å². The number of nitrogens with one attached hydrogen (secondary N) is 1. The van der Waals surface area contributed by atoms with E-state index in [1.807, 2.05) is 27.7 Å². The molecule has 28 heavy (non-hydrogen) atoms. The quantitative estimate of drug-likeness (QED) is 0.352. The summed E-state index contributed by atoms with van der Waals surface area (Å²) in [6.45, 7) is 7.75. The zero-order valence-electron chi connectivity index (χ0n) is 16.1. The SMILES string of the molecule is COC(=O)c1c(NC(=O)CSc2nc(N)c3c(C)c(C)sc3n2)sc(C)c1C. The number of carbonyl (C=O) groups excluding carboxylic acids is 2. The van der Waals surface area contributed by atoms with Crippen LogP contribution in [0, 0.1) is 27.7 Å². The Morgan fingerprint density at radius 1 is 1.11 bits per heavy atom. The number of hydrogen-bond donors (Lipinski definition) is 2. The Labute approximate surface area is 174 Å². The number of rotatable bonds is 5. The highest BCUT2D eigenvalue weighted by Gasteiger charge is 2.22. The van der Waals surface area contributed by atoms with Gasteiger partial charge in [0, 0.05) is 9.75 Å². The zero-order valence-corrected chi connectivity index (χ0v) is 18.6. The third-order valence-corrected chi connectivity index (χ3v) is 7.47. The van der Waals surface area contributed by atoms with Gasteiger partial charge in [0.25, 0.3) is 0 Å². The normalized spacial score (nSPS) is 11.0. The first-order valence-corrected chi connectivity index (χ1v) is 11.0. The summed E-state index contributed by atoms with van der Waals surface area (Å²) < 4.78 is 4.83. The molecule has 3 rings (SSSR count). The van der Waals surface area contributed by atoms with E-state index in [0.717, 1.165) is 31.1 Å². The van der Waals surface area contributed by atoms with E-state index in [1.165, 1.54) is 30.2 Å². The van der Waals surface area contributed by atoms with Gasteiger partial charge in [0.15, 0.2) is 5.16 Å². The van der Waals surface area contributed by atoms with Gasteiger partial charge >= 0.3 is 5.97 Å². The minimum Gasteiger partial charge on any atom is -0.465 e. The van der Waals surface area contributed by atoms with Crippen LogP contribution in [0.4, 0.5) is 10.8 Å². The number of carbonyl (C=O) groups is 2. The molecule has 0 aliphatic carbocycles. The van der Waals surface area contributed by atoms with Crippen molar-refractivity contribution in [1.82, 2.24) is 9.97 Å². The van der Waals surface area contributed by atoms with Gasteiger partial charge in [-0.2, -0.15) is 0 Å². The number of esters is 1. The minimum atomic E-state index is -0.463. The van der Waals surface area contributed by atoms with Crippen molar-refractivity contribution in [3.05, 3.63) is 26.4 Å². The van der Waals surface area contributed by atoms with Gasteiger partial charge in [0.2, 0.25) is 5.91 Å². The molecular formula is C18H20N4O3S3. The topological polar surface area (TPSA) is 107 Å². The molecule has 3 heterocycles. The van der Waals surface area contributed by atoms with E-state index in [1.54, 1.807) is 11.3 Å². The molecular weight excluding hydrogens is 416 g/mol. The highest BCUT2D eigenvalue weighted by atomic mass is 32.2. The van der Waals surface area contributed by atoms with E-state index < -0.39 is 5.97 Å². The van der Waals surface area contributed by atoms with Crippen LogP contribution in [-0.2, 0) is 9.53 Å². The number of ether oxygens (including phenoxy) is 1. The van der Waals surface area contributed by atoms with Gasteiger partial charge in [-0.3, -0.25) is 4.79 Å². The molecule has 7 nitrogen and oxygen atoms in total. The van der Waals surface area contributed by atoms with Crippen LogP contribution < -0.4 is 11.1 Å². The number of nitrogens with zero attached hydrogens (tertiary/aromatic N) is 2. The molecule has 10 heteroatoms. The summed E-state index contributed by atoms with van der Waals surface area (Å²) in [4.78, 5) is 36.2. The monoisotopic (exact) mass is 436 g/mol. The second-order valence-corrected chi connectivity index (χ2v) is 9.54. The number of methoxy groups -OCH3 is 1. The lowest BCUT2D eigenvalue weighted by molar-refractivity contribution is -0.113. The van der Waals surface area contributed by atoms with Gasteiger partial charge in [0.1, 0.15) is 15.6 Å². The lowest BCUT2D eigenvalue weighted by Gasteiger charge is -2.06. The number of fused-ring (bicyclic) bond motifs is 1. The molecule has 0 unspecified atom stereocenters. The van der Waals surface area contributed by atoms with Crippen molar-refractivity contribution in [3.8, 4) is 0 Å². The molecule has 0 fully saturated rings. The fourth-order valence-electron chi connectivity index (χ4n) is 2.68. The second-order valence-electron chi connectivity index (χ2n) is 6.17. The molecule has 3 aromatic rings. The number of anilines is 2. The maximum absolute atomic E-state index is 12.4. The lowest BCUT2D eigenvalue weighted by Crippen LogP contribution is -2.16. The fraction of sp³-hybridized carbons (Fsp3) is 0.333. The van der Waals surface area contributed by atoms with Gasteiger partial charge < -0.3 is 15.8 Å². The van der Waals surface area contributed by atoms with E-state index in [4.69, 9.17) is 10.5 Å². The Bertz CT molecular complexity index is 1090. The summed E-state index contributed by atoms with van der Waals surface area (Å²) in [5.74, 6) is -0.190. The molecule has 0 aromatic carbocycles. The Kier molecular flexibility index (Phi) is 5.92. The van der Waals surface area contributed by atoms with Crippen LogP contribution in [0.25, 0.3) is 10.2 Å². The maximum atomic E-state index is 12.4. The van der Waals surface area contributed by atoms with Gasteiger partial charge in [-0.1, -0.05) is 11.8 Å². The van der Waals surface area contributed by atoms with Crippen molar-refractivity contribution < 1.29 is 14.3 Å². The molecule has 1 amide bonds. The number of aromatic nitrogens is 2. The molecule has 0 spiro atoms. The fourth-order valence-corrected chi connectivity index (χ4v) is 5.49. The van der Waals surface area contributed by atoms with Crippen molar-refractivity contribution in [1.29, 1.82) is 0 Å². The van der Waals surface area contributed by atoms with Crippen LogP contribution in [-0.4, -0.2) is 34.7 Å². The van der Waals surface area contributed by atoms with Gasteiger partial charge in [-0.25, -0.2) is 14.8 Å². The third-order valence-electron chi connectivity index (χ3n) is 4.40. The van der Waals surface area contributed by atoms with Crippen molar-refractivity contribution in [3.63, 3.8) is 0 Å². The molecule has 0 saturated carbocycles. The first-order chi connectivity index (χ1) is 13.2. The van der Waals surface area contributed by atoms with E-state index in [0.29, 0.717) is 21.5 Å². The third kappa shape index (κ3) is 3.85. The maximum Gasteiger partial charge on any atom is 0.341 e. The molecule has 0 atom stereocenters. The molecule has 0 aliphatic heterocycles. The number of thioether (sulfide) groups is 1. The minimum absolute atomic E-state index is 0.102. The summed E-state index contributed by atoms with van der Waals surface area (Å²) >= 11 is 4.12. The average molecular weight is 437 g/mol. The molecule has 0 bridgehead atoms. The molecule has 148 valence electrons. The number of nitrogen functional groups attached to an aromatic ring is 1. The van der Waals surface area contributed by atoms with E-state index in [9.17, 15) is 9.59 Å².